The zero-order chi connectivity index (χ0) is 16.6. The highest BCUT2D eigenvalue weighted by molar-refractivity contribution is 5.96. The van der Waals surface area contributed by atoms with Crippen LogP contribution in [0.15, 0.2) is 41.0 Å². The van der Waals surface area contributed by atoms with Gasteiger partial charge < -0.3 is 9.73 Å². The highest BCUT2D eigenvalue weighted by Gasteiger charge is 2.15. The van der Waals surface area contributed by atoms with E-state index in [1.807, 2.05) is 31.2 Å². The maximum Gasteiger partial charge on any atom is 0.228 e. The molecule has 1 heterocycles. The molecule has 1 amide bonds. The van der Waals surface area contributed by atoms with E-state index in [1.165, 1.54) is 11.1 Å². The summed E-state index contributed by atoms with van der Waals surface area (Å²) in [6.07, 6.45) is 2.02. The first-order chi connectivity index (χ1) is 11.0. The Hall–Kier alpha value is -2.55. The summed E-state index contributed by atoms with van der Waals surface area (Å²) in [5.41, 5.74) is 7.30. The van der Waals surface area contributed by atoms with Gasteiger partial charge in [-0.3, -0.25) is 4.79 Å². The number of carbonyl (C=O) groups excluding carboxylic acids is 1. The third-order valence-corrected chi connectivity index (χ3v) is 4.31. The topological polar surface area (TPSA) is 42.2 Å². The van der Waals surface area contributed by atoms with Crippen LogP contribution >= 0.6 is 0 Å². The third-order valence-electron chi connectivity index (χ3n) is 4.31. The van der Waals surface area contributed by atoms with Crippen molar-refractivity contribution in [1.29, 1.82) is 0 Å². The van der Waals surface area contributed by atoms with Gasteiger partial charge in [0.1, 0.15) is 5.58 Å². The van der Waals surface area contributed by atoms with Gasteiger partial charge in [-0.15, -0.1) is 0 Å². The molecule has 3 nitrogen and oxygen atoms in total. The number of amides is 1. The summed E-state index contributed by atoms with van der Waals surface area (Å²) in [7, 11) is 0. The van der Waals surface area contributed by atoms with E-state index in [2.05, 4.69) is 32.2 Å². The molecule has 0 saturated carbocycles. The van der Waals surface area contributed by atoms with Gasteiger partial charge in [-0.05, 0) is 56.5 Å². The molecular formula is C20H21NO2. The van der Waals surface area contributed by atoms with E-state index in [0.717, 1.165) is 33.3 Å². The van der Waals surface area contributed by atoms with Crippen molar-refractivity contribution in [3.63, 3.8) is 0 Å². The van der Waals surface area contributed by atoms with Crippen LogP contribution in [-0.4, -0.2) is 5.91 Å². The van der Waals surface area contributed by atoms with Crippen LogP contribution < -0.4 is 5.32 Å². The third kappa shape index (κ3) is 3.00. The van der Waals surface area contributed by atoms with Crippen molar-refractivity contribution in [3.8, 4) is 0 Å². The molecule has 2 aromatic carbocycles. The van der Waals surface area contributed by atoms with E-state index in [1.54, 1.807) is 6.26 Å². The van der Waals surface area contributed by atoms with Crippen LogP contribution in [0.4, 0.5) is 5.69 Å². The van der Waals surface area contributed by atoms with E-state index in [9.17, 15) is 4.79 Å². The lowest BCUT2D eigenvalue weighted by Gasteiger charge is -2.07. The first-order valence-electron chi connectivity index (χ1n) is 7.79. The highest BCUT2D eigenvalue weighted by Crippen LogP contribution is 2.30. The maximum atomic E-state index is 12.3. The summed E-state index contributed by atoms with van der Waals surface area (Å²) in [5.74, 6) is -0.0332. The lowest BCUT2D eigenvalue weighted by atomic mass is 9.99. The van der Waals surface area contributed by atoms with Crippen LogP contribution in [0.1, 0.15) is 27.8 Å². The second-order valence-electron chi connectivity index (χ2n) is 6.19. The van der Waals surface area contributed by atoms with Crippen LogP contribution in [0.2, 0.25) is 0 Å². The largest absolute Gasteiger partial charge is 0.464 e. The van der Waals surface area contributed by atoms with Crippen molar-refractivity contribution in [2.24, 2.45) is 0 Å². The minimum absolute atomic E-state index is 0.0332. The molecule has 118 valence electrons. The minimum atomic E-state index is -0.0332. The van der Waals surface area contributed by atoms with E-state index in [0.29, 0.717) is 6.42 Å². The number of furan rings is 1. The minimum Gasteiger partial charge on any atom is -0.464 e. The molecule has 3 rings (SSSR count). The molecule has 0 saturated heterocycles. The quantitative estimate of drug-likeness (QED) is 0.751. The Labute approximate surface area is 136 Å². The summed E-state index contributed by atoms with van der Waals surface area (Å²) in [6.45, 7) is 8.22. The molecule has 23 heavy (non-hydrogen) atoms. The van der Waals surface area contributed by atoms with Crippen molar-refractivity contribution in [3.05, 3.63) is 64.4 Å². The number of nitrogens with one attached hydrogen (secondary N) is 1. The summed E-state index contributed by atoms with van der Waals surface area (Å²) >= 11 is 0. The first kappa shape index (κ1) is 15.3. The summed E-state index contributed by atoms with van der Waals surface area (Å²) < 4.78 is 5.73. The van der Waals surface area contributed by atoms with Gasteiger partial charge in [0.05, 0.1) is 12.7 Å². The molecule has 0 aliphatic rings. The van der Waals surface area contributed by atoms with Gasteiger partial charge in [-0.1, -0.05) is 23.8 Å². The Morgan fingerprint density at radius 1 is 1.04 bits per heavy atom. The Balaban J connectivity index is 1.85. The fourth-order valence-corrected chi connectivity index (χ4v) is 2.93. The maximum absolute atomic E-state index is 12.3. The SMILES string of the molecule is Cc1ccc(NC(=O)Cc2coc3c(C)c(C)cc(C)c23)cc1. The van der Waals surface area contributed by atoms with Crippen LogP contribution in [0, 0.1) is 27.7 Å². The Morgan fingerprint density at radius 3 is 2.43 bits per heavy atom. The zero-order valence-corrected chi connectivity index (χ0v) is 14.0. The van der Waals surface area contributed by atoms with Gasteiger partial charge in [0, 0.05) is 16.6 Å². The molecule has 0 aliphatic heterocycles. The Bertz CT molecular complexity index is 873. The van der Waals surface area contributed by atoms with Gasteiger partial charge in [-0.2, -0.15) is 0 Å². The van der Waals surface area contributed by atoms with Crippen molar-refractivity contribution in [1.82, 2.24) is 0 Å². The summed E-state index contributed by atoms with van der Waals surface area (Å²) in [6, 6.07) is 9.95. The fourth-order valence-electron chi connectivity index (χ4n) is 2.93. The average Bonchev–Trinajstić information content (AvgIpc) is 2.91. The van der Waals surface area contributed by atoms with Gasteiger partial charge in [0.25, 0.3) is 0 Å². The van der Waals surface area contributed by atoms with Crippen LogP contribution in [-0.2, 0) is 11.2 Å². The standard InChI is InChI=1S/C20H21NO2/c1-12-5-7-17(8-6-12)21-18(22)10-16-11-23-20-15(4)13(2)9-14(3)19(16)20/h5-9,11H,10H2,1-4H3,(H,21,22). The zero-order valence-electron chi connectivity index (χ0n) is 14.0. The molecule has 0 aliphatic carbocycles. The molecule has 0 unspecified atom stereocenters. The number of benzene rings is 2. The molecule has 3 heteroatoms. The molecule has 0 radical (unpaired) electrons. The average molecular weight is 307 g/mol. The molecule has 0 atom stereocenters. The first-order valence-corrected chi connectivity index (χ1v) is 7.79. The number of anilines is 1. The van der Waals surface area contributed by atoms with E-state index < -0.39 is 0 Å². The van der Waals surface area contributed by atoms with Crippen molar-refractivity contribution >= 4 is 22.6 Å². The Kier molecular flexibility index (Phi) is 3.95. The molecule has 1 aromatic heterocycles. The number of rotatable bonds is 3. The highest BCUT2D eigenvalue weighted by atomic mass is 16.3. The van der Waals surface area contributed by atoms with E-state index in [4.69, 9.17) is 4.42 Å². The number of carbonyl (C=O) groups is 1. The predicted molar refractivity (Wildman–Crippen MR) is 93.9 cm³/mol. The smallest absolute Gasteiger partial charge is 0.228 e. The summed E-state index contributed by atoms with van der Waals surface area (Å²) in [5, 5.41) is 4.00. The van der Waals surface area contributed by atoms with E-state index >= 15 is 0 Å². The van der Waals surface area contributed by atoms with E-state index in [-0.39, 0.29) is 5.91 Å². The molecular weight excluding hydrogens is 286 g/mol. The van der Waals surface area contributed by atoms with Crippen LogP contribution in [0.5, 0.6) is 0 Å². The summed E-state index contributed by atoms with van der Waals surface area (Å²) in [4.78, 5) is 12.3. The second-order valence-corrected chi connectivity index (χ2v) is 6.19. The second kappa shape index (κ2) is 5.92. The van der Waals surface area contributed by atoms with Crippen LogP contribution in [0.3, 0.4) is 0 Å². The molecule has 0 bridgehead atoms. The fraction of sp³-hybridized carbons (Fsp3) is 0.250. The monoisotopic (exact) mass is 307 g/mol. The Morgan fingerprint density at radius 2 is 1.74 bits per heavy atom. The normalized spacial score (nSPS) is 11.0. The van der Waals surface area contributed by atoms with Gasteiger partial charge in [0.15, 0.2) is 0 Å². The molecule has 1 N–H and O–H groups in total. The molecule has 0 fully saturated rings. The lowest BCUT2D eigenvalue weighted by Crippen LogP contribution is -2.14. The van der Waals surface area contributed by atoms with Crippen molar-refractivity contribution in [2.45, 2.75) is 34.1 Å². The molecule has 0 spiro atoms. The van der Waals surface area contributed by atoms with Gasteiger partial charge in [0.2, 0.25) is 5.91 Å². The number of fused-ring (bicyclic) bond motifs is 1. The number of hydrogen-bond donors (Lipinski definition) is 1. The van der Waals surface area contributed by atoms with Crippen molar-refractivity contribution < 1.29 is 9.21 Å². The van der Waals surface area contributed by atoms with Gasteiger partial charge >= 0.3 is 0 Å². The lowest BCUT2D eigenvalue weighted by molar-refractivity contribution is -0.115. The number of hydrogen-bond acceptors (Lipinski definition) is 2. The number of aryl methyl sites for hydroxylation is 4. The molecule has 3 aromatic rings. The van der Waals surface area contributed by atoms with Gasteiger partial charge in [-0.25, -0.2) is 0 Å². The predicted octanol–water partition coefficient (Wildman–Crippen LogP) is 4.85. The van der Waals surface area contributed by atoms with Crippen molar-refractivity contribution in [2.75, 3.05) is 5.32 Å². The van der Waals surface area contributed by atoms with Crippen LogP contribution in [0.25, 0.3) is 11.0 Å².